The van der Waals surface area contributed by atoms with Gasteiger partial charge in [0, 0.05) is 6.04 Å². The second kappa shape index (κ2) is 4.07. The van der Waals surface area contributed by atoms with E-state index in [0.717, 1.165) is 0 Å². The van der Waals surface area contributed by atoms with Crippen LogP contribution in [0.3, 0.4) is 0 Å². The molecule has 0 bridgehead atoms. The van der Waals surface area contributed by atoms with Crippen molar-refractivity contribution in [2.45, 2.75) is 38.5 Å². The quantitative estimate of drug-likeness (QED) is 0.685. The minimum Gasteiger partial charge on any atom is -0.328 e. The summed E-state index contributed by atoms with van der Waals surface area (Å²) in [5, 5.41) is -0.277. The molecule has 0 aliphatic carbocycles. The summed E-state index contributed by atoms with van der Waals surface area (Å²) in [6.07, 6.45) is 0.556. The van der Waals surface area contributed by atoms with Crippen LogP contribution < -0.4 is 5.73 Å². The summed E-state index contributed by atoms with van der Waals surface area (Å²) in [6.45, 7) is 5.20. The standard InChI is InChI=1S/C7H17NO2S/c1-6(2)11(9,10)5-4-7(3)8/h6-7H,4-5,8H2,1-3H3. The molecule has 0 heterocycles. The Hall–Kier alpha value is -0.0900. The summed E-state index contributed by atoms with van der Waals surface area (Å²) < 4.78 is 22.4. The van der Waals surface area contributed by atoms with Gasteiger partial charge in [-0.2, -0.15) is 0 Å². The number of hydrogen-bond acceptors (Lipinski definition) is 3. The van der Waals surface area contributed by atoms with Crippen molar-refractivity contribution < 1.29 is 8.42 Å². The Morgan fingerprint density at radius 2 is 1.73 bits per heavy atom. The van der Waals surface area contributed by atoms with Crippen LogP contribution in [0, 0.1) is 0 Å². The third kappa shape index (κ3) is 4.37. The van der Waals surface area contributed by atoms with Gasteiger partial charge in [0.1, 0.15) is 0 Å². The summed E-state index contributed by atoms with van der Waals surface area (Å²) in [6, 6.07) is -0.0245. The molecule has 68 valence electrons. The zero-order chi connectivity index (χ0) is 9.07. The summed E-state index contributed by atoms with van der Waals surface area (Å²) in [5.74, 6) is 0.211. The van der Waals surface area contributed by atoms with Gasteiger partial charge in [0.15, 0.2) is 9.84 Å². The highest BCUT2D eigenvalue weighted by Gasteiger charge is 2.15. The Labute approximate surface area is 68.9 Å². The van der Waals surface area contributed by atoms with Gasteiger partial charge < -0.3 is 5.73 Å². The van der Waals surface area contributed by atoms with Crippen LogP contribution >= 0.6 is 0 Å². The van der Waals surface area contributed by atoms with E-state index in [0.29, 0.717) is 6.42 Å². The molecule has 2 N–H and O–H groups in total. The highest BCUT2D eigenvalue weighted by atomic mass is 32.2. The molecule has 0 radical (unpaired) electrons. The molecule has 0 aromatic carbocycles. The fraction of sp³-hybridized carbons (Fsp3) is 1.00. The van der Waals surface area contributed by atoms with Gasteiger partial charge >= 0.3 is 0 Å². The van der Waals surface area contributed by atoms with Crippen LogP contribution in [0.1, 0.15) is 27.2 Å². The van der Waals surface area contributed by atoms with Gasteiger partial charge in [-0.3, -0.25) is 0 Å². The van der Waals surface area contributed by atoms with Gasteiger partial charge in [-0.05, 0) is 27.2 Å². The average molecular weight is 179 g/mol. The zero-order valence-electron chi connectivity index (χ0n) is 7.37. The molecule has 0 aromatic rings. The molecular weight excluding hydrogens is 162 g/mol. The Morgan fingerprint density at radius 1 is 1.27 bits per heavy atom. The first kappa shape index (κ1) is 10.9. The lowest BCUT2D eigenvalue weighted by molar-refractivity contribution is 0.579. The number of rotatable bonds is 4. The van der Waals surface area contributed by atoms with E-state index < -0.39 is 9.84 Å². The smallest absolute Gasteiger partial charge is 0.152 e. The molecule has 3 nitrogen and oxygen atoms in total. The van der Waals surface area contributed by atoms with E-state index in [-0.39, 0.29) is 17.0 Å². The van der Waals surface area contributed by atoms with Gasteiger partial charge in [0.05, 0.1) is 11.0 Å². The molecule has 0 spiro atoms. The molecule has 11 heavy (non-hydrogen) atoms. The van der Waals surface area contributed by atoms with Crippen LogP contribution in [-0.4, -0.2) is 25.5 Å². The van der Waals surface area contributed by atoms with Crippen LogP contribution in [0.2, 0.25) is 0 Å². The normalized spacial score (nSPS) is 15.4. The molecule has 1 unspecified atom stereocenters. The molecule has 0 saturated heterocycles. The first-order valence-electron chi connectivity index (χ1n) is 3.83. The van der Waals surface area contributed by atoms with Crippen LogP contribution in [0.4, 0.5) is 0 Å². The van der Waals surface area contributed by atoms with Crippen LogP contribution in [-0.2, 0) is 9.84 Å². The first-order chi connectivity index (χ1) is 4.86. The number of nitrogens with two attached hydrogens (primary N) is 1. The largest absolute Gasteiger partial charge is 0.328 e. The highest BCUT2D eigenvalue weighted by molar-refractivity contribution is 7.91. The predicted octanol–water partition coefficient (Wildman–Crippen LogP) is 0.547. The van der Waals surface area contributed by atoms with Crippen LogP contribution in [0.15, 0.2) is 0 Å². The van der Waals surface area contributed by atoms with Crippen molar-refractivity contribution in [3.63, 3.8) is 0 Å². The van der Waals surface area contributed by atoms with E-state index >= 15 is 0 Å². The van der Waals surface area contributed by atoms with E-state index in [1.165, 1.54) is 0 Å². The molecule has 0 amide bonds. The second-order valence-electron chi connectivity index (χ2n) is 3.18. The monoisotopic (exact) mass is 179 g/mol. The zero-order valence-corrected chi connectivity index (χ0v) is 8.19. The van der Waals surface area contributed by atoms with E-state index in [2.05, 4.69) is 0 Å². The fourth-order valence-corrected chi connectivity index (χ4v) is 1.76. The number of hydrogen-bond donors (Lipinski definition) is 1. The molecule has 0 fully saturated rings. The molecule has 0 aromatic heterocycles. The first-order valence-corrected chi connectivity index (χ1v) is 5.55. The van der Waals surface area contributed by atoms with E-state index in [9.17, 15) is 8.42 Å². The predicted molar refractivity (Wildman–Crippen MR) is 47.2 cm³/mol. The van der Waals surface area contributed by atoms with Crippen LogP contribution in [0.25, 0.3) is 0 Å². The van der Waals surface area contributed by atoms with Crippen molar-refractivity contribution in [2.24, 2.45) is 5.73 Å². The lowest BCUT2D eigenvalue weighted by atomic mass is 10.3. The minimum absolute atomic E-state index is 0.0245. The van der Waals surface area contributed by atoms with Gasteiger partial charge in [0.2, 0.25) is 0 Å². The van der Waals surface area contributed by atoms with Crippen molar-refractivity contribution in [3.05, 3.63) is 0 Å². The topological polar surface area (TPSA) is 60.2 Å². The van der Waals surface area contributed by atoms with Gasteiger partial charge in [-0.25, -0.2) is 8.42 Å². The Kier molecular flexibility index (Phi) is 4.03. The summed E-state index contributed by atoms with van der Waals surface area (Å²) in [4.78, 5) is 0. The second-order valence-corrected chi connectivity index (χ2v) is 5.86. The summed E-state index contributed by atoms with van der Waals surface area (Å²) in [7, 11) is -2.87. The third-order valence-electron chi connectivity index (χ3n) is 1.58. The van der Waals surface area contributed by atoms with Gasteiger partial charge in [0.25, 0.3) is 0 Å². The maximum absolute atomic E-state index is 11.2. The molecular formula is C7H17NO2S. The molecule has 4 heteroatoms. The molecule has 1 atom stereocenters. The van der Waals surface area contributed by atoms with Crippen molar-refractivity contribution in [1.29, 1.82) is 0 Å². The third-order valence-corrected chi connectivity index (χ3v) is 3.82. The van der Waals surface area contributed by atoms with Crippen molar-refractivity contribution in [2.75, 3.05) is 5.75 Å². The highest BCUT2D eigenvalue weighted by Crippen LogP contribution is 2.03. The Morgan fingerprint density at radius 3 is 2.00 bits per heavy atom. The SMILES string of the molecule is CC(N)CCS(=O)(=O)C(C)C. The Balaban J connectivity index is 3.95. The van der Waals surface area contributed by atoms with Crippen molar-refractivity contribution >= 4 is 9.84 Å². The minimum atomic E-state index is -2.87. The van der Waals surface area contributed by atoms with Crippen molar-refractivity contribution in [1.82, 2.24) is 0 Å². The van der Waals surface area contributed by atoms with Gasteiger partial charge in [-0.15, -0.1) is 0 Å². The lowest BCUT2D eigenvalue weighted by Gasteiger charge is -2.08. The van der Waals surface area contributed by atoms with E-state index in [1.807, 2.05) is 6.92 Å². The van der Waals surface area contributed by atoms with Gasteiger partial charge in [-0.1, -0.05) is 0 Å². The molecule has 0 rings (SSSR count). The summed E-state index contributed by atoms with van der Waals surface area (Å²) in [5.41, 5.74) is 5.44. The van der Waals surface area contributed by atoms with E-state index in [4.69, 9.17) is 5.73 Å². The molecule has 0 aliphatic heterocycles. The maximum Gasteiger partial charge on any atom is 0.152 e. The molecule has 0 aliphatic rings. The van der Waals surface area contributed by atoms with E-state index in [1.54, 1.807) is 13.8 Å². The fourth-order valence-electron chi connectivity index (χ4n) is 0.586. The lowest BCUT2D eigenvalue weighted by Crippen LogP contribution is -2.24. The number of sulfone groups is 1. The molecule has 0 saturated carbocycles. The van der Waals surface area contributed by atoms with Crippen molar-refractivity contribution in [3.8, 4) is 0 Å². The Bertz CT molecular complexity index is 194. The van der Waals surface area contributed by atoms with Crippen LogP contribution in [0.5, 0.6) is 0 Å². The maximum atomic E-state index is 11.2. The average Bonchev–Trinajstić information content (AvgIpc) is 1.84. The summed E-state index contributed by atoms with van der Waals surface area (Å²) >= 11 is 0.